The van der Waals surface area contributed by atoms with Crippen molar-refractivity contribution in [3.05, 3.63) is 93.4 Å². The number of aromatic nitrogens is 1. The van der Waals surface area contributed by atoms with Crippen LogP contribution in [0, 0.1) is 10.8 Å². The number of para-hydroxylation sites is 1. The summed E-state index contributed by atoms with van der Waals surface area (Å²) in [5.41, 5.74) is 6.81. The van der Waals surface area contributed by atoms with E-state index in [-0.39, 0.29) is 28.3 Å². The lowest BCUT2D eigenvalue weighted by Gasteiger charge is -2.49. The van der Waals surface area contributed by atoms with Crippen LogP contribution >= 0.6 is 11.6 Å². The van der Waals surface area contributed by atoms with Gasteiger partial charge >= 0.3 is 0 Å². The molecule has 0 fully saturated rings. The standard InChI is InChI=1S/C36H41ClN2O3/c1-35(2)17-28-33(30(40)19-35)32(34-29(39(28)14-9-15-42-5)18-36(3,4)20-31(34)41)26-22-38(27-13-7-6-12-25(26)27)21-23-10-8-11-24(37)16-23/h6-8,10-13,16,22,32H,9,14-15,17-21H2,1-5H3. The number of allylic oxidation sites excluding steroid dienone is 4. The van der Waals surface area contributed by atoms with E-state index in [0.717, 1.165) is 70.4 Å². The van der Waals surface area contributed by atoms with Crippen LogP contribution in [0.4, 0.5) is 0 Å². The van der Waals surface area contributed by atoms with Crippen molar-refractivity contribution in [1.29, 1.82) is 0 Å². The Bertz CT molecular complexity index is 1590. The zero-order valence-electron chi connectivity index (χ0n) is 25.4. The average Bonchev–Trinajstić information content (AvgIpc) is 3.25. The van der Waals surface area contributed by atoms with Crippen molar-refractivity contribution in [2.75, 3.05) is 20.3 Å². The molecule has 0 bridgehead atoms. The maximum Gasteiger partial charge on any atom is 0.162 e. The summed E-state index contributed by atoms with van der Waals surface area (Å²) in [5.74, 6) is -0.0379. The molecule has 6 rings (SSSR count). The molecule has 5 nitrogen and oxygen atoms in total. The molecule has 3 aromatic rings. The molecule has 0 amide bonds. The number of carbonyl (C=O) groups is 2. The number of hydrogen-bond donors (Lipinski definition) is 0. The molecule has 0 spiro atoms. The van der Waals surface area contributed by atoms with Crippen LogP contribution in [0.3, 0.4) is 0 Å². The molecule has 0 atom stereocenters. The number of ether oxygens (including phenoxy) is 1. The second kappa shape index (κ2) is 10.8. The van der Waals surface area contributed by atoms with E-state index in [2.05, 4.69) is 73.7 Å². The molecule has 2 aliphatic carbocycles. The van der Waals surface area contributed by atoms with Crippen LogP contribution < -0.4 is 0 Å². The number of Topliss-reactive ketones (excluding diaryl/α,β-unsaturated/α-hetero) is 2. The monoisotopic (exact) mass is 584 g/mol. The summed E-state index contributed by atoms with van der Waals surface area (Å²) in [6, 6.07) is 16.3. The minimum Gasteiger partial charge on any atom is -0.385 e. The van der Waals surface area contributed by atoms with Crippen molar-refractivity contribution in [3.8, 4) is 0 Å². The van der Waals surface area contributed by atoms with Gasteiger partial charge in [-0.2, -0.15) is 0 Å². The first-order valence-electron chi connectivity index (χ1n) is 15.1. The van der Waals surface area contributed by atoms with Crippen molar-refractivity contribution >= 4 is 34.1 Å². The highest BCUT2D eigenvalue weighted by Crippen LogP contribution is 2.55. The molecule has 3 aliphatic rings. The summed E-state index contributed by atoms with van der Waals surface area (Å²) < 4.78 is 7.67. The lowest BCUT2D eigenvalue weighted by atomic mass is 9.63. The fourth-order valence-electron chi connectivity index (χ4n) is 7.46. The predicted octanol–water partition coefficient (Wildman–Crippen LogP) is 8.07. The number of ketones is 2. The van der Waals surface area contributed by atoms with E-state index in [1.165, 1.54) is 0 Å². The third-order valence-electron chi connectivity index (χ3n) is 9.12. The summed E-state index contributed by atoms with van der Waals surface area (Å²) in [6.07, 6.45) is 5.60. The van der Waals surface area contributed by atoms with E-state index in [1.54, 1.807) is 7.11 Å². The van der Waals surface area contributed by atoms with Crippen LogP contribution in [-0.4, -0.2) is 41.3 Å². The molecule has 220 valence electrons. The van der Waals surface area contributed by atoms with Gasteiger partial charge in [0.25, 0.3) is 0 Å². The first kappa shape index (κ1) is 28.9. The molecule has 2 heterocycles. The zero-order chi connectivity index (χ0) is 29.8. The molecule has 1 aromatic heterocycles. The normalized spacial score (nSPS) is 20.4. The number of benzene rings is 2. The number of halogens is 1. The predicted molar refractivity (Wildman–Crippen MR) is 169 cm³/mol. The lowest BCUT2D eigenvalue weighted by Crippen LogP contribution is -2.44. The van der Waals surface area contributed by atoms with Gasteiger partial charge < -0.3 is 14.2 Å². The van der Waals surface area contributed by atoms with Gasteiger partial charge in [-0.3, -0.25) is 9.59 Å². The van der Waals surface area contributed by atoms with Gasteiger partial charge in [0.2, 0.25) is 0 Å². The first-order chi connectivity index (χ1) is 20.0. The maximum atomic E-state index is 14.2. The van der Waals surface area contributed by atoms with Crippen LogP contribution in [0.15, 0.2) is 77.3 Å². The van der Waals surface area contributed by atoms with Crippen molar-refractivity contribution in [2.45, 2.75) is 72.3 Å². The molecule has 0 saturated carbocycles. The molecule has 0 unspecified atom stereocenters. The molecule has 6 heteroatoms. The largest absolute Gasteiger partial charge is 0.385 e. The minimum absolute atomic E-state index is 0.146. The third kappa shape index (κ3) is 5.26. The second-order valence-electron chi connectivity index (χ2n) is 13.9. The molecule has 0 radical (unpaired) electrons. The van der Waals surface area contributed by atoms with E-state index in [4.69, 9.17) is 16.3 Å². The highest BCUT2D eigenvalue weighted by atomic mass is 35.5. The van der Waals surface area contributed by atoms with Gasteiger partial charge in [0.1, 0.15) is 0 Å². The average molecular weight is 585 g/mol. The topological polar surface area (TPSA) is 51.5 Å². The second-order valence-corrected chi connectivity index (χ2v) is 14.3. The molecular weight excluding hydrogens is 544 g/mol. The SMILES string of the molecule is COCCCN1C2=C(C(=O)CC(C)(C)C2)C(c2cn(Cc3cccc(Cl)c3)c3ccccc23)C2=C1CC(C)(C)CC2=O. The highest BCUT2D eigenvalue weighted by molar-refractivity contribution is 6.30. The van der Waals surface area contributed by atoms with E-state index in [0.29, 0.717) is 31.0 Å². The quantitative estimate of drug-likeness (QED) is 0.264. The summed E-state index contributed by atoms with van der Waals surface area (Å²) in [5, 5.41) is 1.80. The van der Waals surface area contributed by atoms with Gasteiger partial charge in [0, 0.05) is 90.2 Å². The Hall–Kier alpha value is -3.15. The van der Waals surface area contributed by atoms with Gasteiger partial charge in [-0.15, -0.1) is 0 Å². The third-order valence-corrected chi connectivity index (χ3v) is 9.36. The maximum absolute atomic E-state index is 14.2. The van der Waals surface area contributed by atoms with E-state index >= 15 is 0 Å². The van der Waals surface area contributed by atoms with Crippen molar-refractivity contribution < 1.29 is 14.3 Å². The minimum atomic E-state index is -0.369. The van der Waals surface area contributed by atoms with Crippen LogP contribution in [0.25, 0.3) is 10.9 Å². The Morgan fingerprint density at radius 1 is 0.881 bits per heavy atom. The first-order valence-corrected chi connectivity index (χ1v) is 15.5. The van der Waals surface area contributed by atoms with Crippen LogP contribution in [0.5, 0.6) is 0 Å². The lowest BCUT2D eigenvalue weighted by molar-refractivity contribution is -0.119. The van der Waals surface area contributed by atoms with Crippen molar-refractivity contribution in [3.63, 3.8) is 0 Å². The van der Waals surface area contributed by atoms with Gasteiger partial charge in [-0.25, -0.2) is 0 Å². The number of carbonyl (C=O) groups excluding carboxylic acids is 2. The number of hydrogen-bond acceptors (Lipinski definition) is 4. The van der Waals surface area contributed by atoms with E-state index in [1.807, 2.05) is 18.2 Å². The van der Waals surface area contributed by atoms with Gasteiger partial charge in [-0.05, 0) is 59.4 Å². The molecule has 42 heavy (non-hydrogen) atoms. The van der Waals surface area contributed by atoms with Crippen molar-refractivity contribution in [2.24, 2.45) is 10.8 Å². The van der Waals surface area contributed by atoms with Crippen LogP contribution in [0.2, 0.25) is 5.02 Å². The van der Waals surface area contributed by atoms with Gasteiger partial charge in [-0.1, -0.05) is 69.6 Å². The van der Waals surface area contributed by atoms with E-state index < -0.39 is 0 Å². The van der Waals surface area contributed by atoms with Crippen LogP contribution in [0.1, 0.15) is 76.8 Å². The summed E-state index contributed by atoms with van der Waals surface area (Å²) >= 11 is 6.34. The number of nitrogens with zero attached hydrogens (tertiary/aromatic N) is 2. The molecule has 0 saturated heterocycles. The number of rotatable bonds is 7. The van der Waals surface area contributed by atoms with Crippen LogP contribution in [-0.2, 0) is 20.9 Å². The smallest absolute Gasteiger partial charge is 0.162 e. The fourth-order valence-corrected chi connectivity index (χ4v) is 7.68. The summed E-state index contributed by atoms with van der Waals surface area (Å²) in [6.45, 7) is 10.8. The fraction of sp³-hybridized carbons (Fsp3) is 0.444. The van der Waals surface area contributed by atoms with Gasteiger partial charge in [0.05, 0.1) is 0 Å². The number of methoxy groups -OCH3 is 1. The molecule has 2 aromatic carbocycles. The number of fused-ring (bicyclic) bond motifs is 1. The summed E-state index contributed by atoms with van der Waals surface area (Å²) in [4.78, 5) is 30.8. The Morgan fingerprint density at radius 2 is 1.52 bits per heavy atom. The molecule has 1 aliphatic heterocycles. The highest BCUT2D eigenvalue weighted by Gasteiger charge is 2.49. The molecular formula is C36H41ClN2O3. The summed E-state index contributed by atoms with van der Waals surface area (Å²) in [7, 11) is 1.72. The Kier molecular flexibility index (Phi) is 7.47. The van der Waals surface area contributed by atoms with E-state index in [9.17, 15) is 9.59 Å². The Balaban J connectivity index is 1.58. The Morgan fingerprint density at radius 3 is 2.14 bits per heavy atom. The molecule has 0 N–H and O–H groups in total. The van der Waals surface area contributed by atoms with Gasteiger partial charge in [0.15, 0.2) is 11.6 Å². The van der Waals surface area contributed by atoms with Crippen molar-refractivity contribution in [1.82, 2.24) is 9.47 Å². The zero-order valence-corrected chi connectivity index (χ0v) is 26.2. The Labute approximate surface area is 254 Å².